The number of hydrogen-bond donors (Lipinski definition) is 2. The van der Waals surface area contributed by atoms with E-state index < -0.39 is 15.1 Å². The third-order valence-corrected chi connectivity index (χ3v) is 4.04. The molecule has 102 valence electrons. The second kappa shape index (κ2) is 5.62. The monoisotopic (exact) mass is 273 g/mol. The van der Waals surface area contributed by atoms with Gasteiger partial charge in [-0.1, -0.05) is 13.8 Å². The second-order valence-corrected chi connectivity index (χ2v) is 7.00. The van der Waals surface area contributed by atoms with Gasteiger partial charge in [0.1, 0.15) is 11.1 Å². The molecule has 0 aliphatic carbocycles. The van der Waals surface area contributed by atoms with Crippen LogP contribution in [-0.2, 0) is 16.4 Å². The van der Waals surface area contributed by atoms with Gasteiger partial charge in [0.05, 0.1) is 5.69 Å². The predicted molar refractivity (Wildman–Crippen MR) is 70.1 cm³/mol. The lowest BCUT2D eigenvalue weighted by Crippen LogP contribution is -2.25. The van der Waals surface area contributed by atoms with E-state index in [1.54, 1.807) is 0 Å². The first kappa shape index (κ1) is 14.8. The fraction of sp³-hybridized carbons (Fsp3) is 0.636. The fourth-order valence-corrected chi connectivity index (χ4v) is 1.84. The van der Waals surface area contributed by atoms with Gasteiger partial charge in [0.15, 0.2) is 9.84 Å². The number of H-pyrrole nitrogens is 1. The van der Waals surface area contributed by atoms with Crippen LogP contribution in [0, 0.1) is 0 Å². The average Bonchev–Trinajstić information content (AvgIpc) is 2.23. The summed E-state index contributed by atoms with van der Waals surface area (Å²) in [7, 11) is -3.27. The maximum atomic E-state index is 11.5. The molecule has 1 heterocycles. The van der Waals surface area contributed by atoms with Gasteiger partial charge >= 0.3 is 0 Å². The Hall–Kier alpha value is -1.21. The molecule has 0 bridgehead atoms. The molecule has 0 spiro atoms. The van der Waals surface area contributed by atoms with Crippen molar-refractivity contribution in [2.24, 2.45) is 0 Å². The summed E-state index contributed by atoms with van der Waals surface area (Å²) in [6, 6.07) is 1.63. The summed E-state index contributed by atoms with van der Waals surface area (Å²) in [4.78, 5) is 18.1. The van der Waals surface area contributed by atoms with Crippen LogP contribution in [0.25, 0.3) is 0 Å². The molecule has 18 heavy (non-hydrogen) atoms. The Morgan fingerprint density at radius 3 is 2.50 bits per heavy atom. The van der Waals surface area contributed by atoms with E-state index in [4.69, 9.17) is 0 Å². The van der Waals surface area contributed by atoms with Crippen molar-refractivity contribution in [3.8, 4) is 0 Å². The Morgan fingerprint density at radius 1 is 1.39 bits per heavy atom. The van der Waals surface area contributed by atoms with E-state index in [-0.39, 0.29) is 17.4 Å². The Labute approximate surface area is 107 Å². The van der Waals surface area contributed by atoms with Crippen molar-refractivity contribution in [2.45, 2.75) is 38.6 Å². The lowest BCUT2D eigenvalue weighted by Gasteiger charge is -2.11. The summed E-state index contributed by atoms with van der Waals surface area (Å²) in [6.07, 6.45) is 1.12. The van der Waals surface area contributed by atoms with Crippen LogP contribution in [0.4, 0.5) is 0 Å². The first-order valence-corrected chi connectivity index (χ1v) is 7.68. The van der Waals surface area contributed by atoms with E-state index >= 15 is 0 Å². The van der Waals surface area contributed by atoms with Crippen molar-refractivity contribution in [1.82, 2.24) is 15.3 Å². The molecule has 0 amide bonds. The normalized spacial score (nSPS) is 13.8. The van der Waals surface area contributed by atoms with Crippen molar-refractivity contribution in [3.05, 3.63) is 27.9 Å². The van der Waals surface area contributed by atoms with Gasteiger partial charge in [-0.15, -0.1) is 0 Å². The summed E-state index contributed by atoms with van der Waals surface area (Å²) in [5.74, 6) is 0.186. The highest BCUT2D eigenvalue weighted by Gasteiger charge is 2.20. The third-order valence-electron chi connectivity index (χ3n) is 2.53. The molecule has 7 heteroatoms. The number of aromatic nitrogens is 2. The van der Waals surface area contributed by atoms with E-state index in [9.17, 15) is 13.2 Å². The number of sulfone groups is 1. The van der Waals surface area contributed by atoms with Crippen molar-refractivity contribution in [3.63, 3.8) is 0 Å². The molecule has 1 rings (SSSR count). The summed E-state index contributed by atoms with van der Waals surface area (Å²) in [5, 5.41) is 2.31. The number of hydrogen-bond acceptors (Lipinski definition) is 5. The van der Waals surface area contributed by atoms with E-state index in [0.29, 0.717) is 12.2 Å². The van der Waals surface area contributed by atoms with Crippen LogP contribution in [0.5, 0.6) is 0 Å². The second-order valence-electron chi connectivity index (χ2n) is 4.63. The molecule has 0 aliphatic heterocycles. The Balaban J connectivity index is 3.05. The smallest absolute Gasteiger partial charge is 0.251 e. The highest BCUT2D eigenvalue weighted by Crippen LogP contribution is 2.15. The van der Waals surface area contributed by atoms with Crippen molar-refractivity contribution < 1.29 is 8.42 Å². The van der Waals surface area contributed by atoms with Gasteiger partial charge in [0.2, 0.25) is 0 Å². The highest BCUT2D eigenvalue weighted by atomic mass is 32.2. The van der Waals surface area contributed by atoms with Crippen LogP contribution in [0.3, 0.4) is 0 Å². The lowest BCUT2D eigenvalue weighted by atomic mass is 10.3. The zero-order chi connectivity index (χ0) is 13.9. The van der Waals surface area contributed by atoms with E-state index in [1.165, 1.54) is 13.0 Å². The molecular formula is C11H19N3O3S. The largest absolute Gasteiger partial charge is 0.309 e. The highest BCUT2D eigenvalue weighted by molar-refractivity contribution is 7.90. The first-order valence-electron chi connectivity index (χ1n) is 5.72. The summed E-state index contributed by atoms with van der Waals surface area (Å²) in [5.41, 5.74) is 0.203. The minimum Gasteiger partial charge on any atom is -0.309 e. The molecule has 0 fully saturated rings. The third kappa shape index (κ3) is 4.23. The number of nitrogens with zero attached hydrogens (tertiary/aromatic N) is 1. The molecule has 1 atom stereocenters. The number of rotatable bonds is 5. The van der Waals surface area contributed by atoms with E-state index in [2.05, 4.69) is 15.3 Å². The Morgan fingerprint density at radius 2 is 2.00 bits per heavy atom. The minimum absolute atomic E-state index is 0.186. The van der Waals surface area contributed by atoms with Gasteiger partial charge in [-0.2, -0.15) is 0 Å². The fourth-order valence-electron chi connectivity index (χ4n) is 1.32. The standard InChI is InChI=1S/C11H19N3O3S/c1-7(2)12-6-9-5-10(15)14-11(13-9)8(3)18(4,16)17/h5,7-8,12H,6H2,1-4H3,(H,13,14,15). The van der Waals surface area contributed by atoms with Crippen molar-refractivity contribution in [1.29, 1.82) is 0 Å². The maximum absolute atomic E-state index is 11.5. The quantitative estimate of drug-likeness (QED) is 0.809. The van der Waals surface area contributed by atoms with Gasteiger partial charge in [-0.05, 0) is 6.92 Å². The summed E-state index contributed by atoms with van der Waals surface area (Å²) in [6.45, 7) is 5.90. The minimum atomic E-state index is -3.27. The summed E-state index contributed by atoms with van der Waals surface area (Å²) >= 11 is 0. The number of aromatic amines is 1. The molecule has 0 saturated carbocycles. The van der Waals surface area contributed by atoms with Crippen molar-refractivity contribution in [2.75, 3.05) is 6.26 Å². The zero-order valence-electron chi connectivity index (χ0n) is 11.0. The molecule has 6 nitrogen and oxygen atoms in total. The molecule has 0 aliphatic rings. The molecule has 1 aromatic rings. The van der Waals surface area contributed by atoms with Gasteiger partial charge < -0.3 is 10.3 Å². The zero-order valence-corrected chi connectivity index (χ0v) is 11.8. The van der Waals surface area contributed by atoms with Crippen molar-refractivity contribution >= 4 is 9.84 Å². The topological polar surface area (TPSA) is 91.9 Å². The molecule has 0 radical (unpaired) electrons. The molecule has 2 N–H and O–H groups in total. The Kier molecular flexibility index (Phi) is 4.64. The van der Waals surface area contributed by atoms with Crippen LogP contribution in [0.15, 0.2) is 10.9 Å². The predicted octanol–water partition coefficient (Wildman–Crippen LogP) is 0.373. The average molecular weight is 273 g/mol. The van der Waals surface area contributed by atoms with Crippen LogP contribution in [0.1, 0.15) is 37.5 Å². The van der Waals surface area contributed by atoms with Crippen LogP contribution in [0.2, 0.25) is 0 Å². The van der Waals surface area contributed by atoms with E-state index in [0.717, 1.165) is 6.26 Å². The molecule has 1 aromatic heterocycles. The molecular weight excluding hydrogens is 254 g/mol. The number of nitrogens with one attached hydrogen (secondary N) is 2. The van der Waals surface area contributed by atoms with Crippen LogP contribution >= 0.6 is 0 Å². The van der Waals surface area contributed by atoms with Gasteiger partial charge in [0, 0.05) is 24.9 Å². The molecule has 1 unspecified atom stereocenters. The molecule has 0 saturated heterocycles. The maximum Gasteiger partial charge on any atom is 0.251 e. The Bertz CT molecular complexity index is 563. The van der Waals surface area contributed by atoms with Crippen LogP contribution in [-0.4, -0.2) is 30.7 Å². The van der Waals surface area contributed by atoms with Gasteiger partial charge in [0.25, 0.3) is 5.56 Å². The summed E-state index contributed by atoms with van der Waals surface area (Å²) < 4.78 is 22.9. The SMILES string of the molecule is CC(C)NCc1cc(=O)[nH]c(C(C)S(C)(=O)=O)n1. The first-order chi connectivity index (χ1) is 8.20. The van der Waals surface area contributed by atoms with Gasteiger partial charge in [-0.3, -0.25) is 4.79 Å². The van der Waals surface area contributed by atoms with E-state index in [1.807, 2.05) is 13.8 Å². The lowest BCUT2D eigenvalue weighted by molar-refractivity contribution is 0.573. The molecule has 0 aromatic carbocycles. The van der Waals surface area contributed by atoms with Crippen LogP contribution < -0.4 is 10.9 Å². The van der Waals surface area contributed by atoms with Gasteiger partial charge in [-0.25, -0.2) is 13.4 Å².